The van der Waals surface area contributed by atoms with Crippen LogP contribution >= 0.6 is 0 Å². The molecule has 0 aromatic rings. The van der Waals surface area contributed by atoms with Gasteiger partial charge in [-0.1, -0.05) is 53.4 Å². The molecule has 0 aromatic carbocycles. The van der Waals surface area contributed by atoms with Gasteiger partial charge in [-0.2, -0.15) is 10.2 Å². The second-order valence-electron chi connectivity index (χ2n) is 7.98. The molecule has 0 amide bonds. The first kappa shape index (κ1) is 20.3. The fourth-order valence-corrected chi connectivity index (χ4v) is 3.62. The van der Waals surface area contributed by atoms with Crippen LogP contribution < -0.4 is 0 Å². The van der Waals surface area contributed by atoms with Crippen LogP contribution in [0.1, 0.15) is 79.6 Å². The van der Waals surface area contributed by atoms with E-state index in [1.165, 1.54) is 49.9 Å². The van der Waals surface area contributed by atoms with E-state index in [9.17, 15) is 0 Å². The van der Waals surface area contributed by atoms with Crippen molar-refractivity contribution in [2.75, 3.05) is 13.7 Å². The summed E-state index contributed by atoms with van der Waals surface area (Å²) in [5.41, 5.74) is 2.67. The first-order valence-electron chi connectivity index (χ1n) is 9.55. The predicted octanol–water partition coefficient (Wildman–Crippen LogP) is 5.74. The second kappa shape index (κ2) is 11.0. The van der Waals surface area contributed by atoms with E-state index in [4.69, 9.17) is 4.74 Å². The van der Waals surface area contributed by atoms with Gasteiger partial charge in [-0.3, -0.25) is 0 Å². The van der Waals surface area contributed by atoms with Gasteiger partial charge in [0.05, 0.1) is 0 Å². The Balaban J connectivity index is 0.000000379. The molecule has 23 heavy (non-hydrogen) atoms. The minimum atomic E-state index is 0.676. The average molecular weight is 323 g/mol. The number of methoxy groups -OCH3 is 1. The van der Waals surface area contributed by atoms with Gasteiger partial charge in [0, 0.05) is 37.0 Å². The molecule has 1 fully saturated rings. The molecular weight excluding hydrogens is 284 g/mol. The van der Waals surface area contributed by atoms with Crippen molar-refractivity contribution in [1.29, 1.82) is 0 Å². The molecule has 0 N–H and O–H groups in total. The van der Waals surface area contributed by atoms with E-state index in [1.54, 1.807) is 7.11 Å². The van der Waals surface area contributed by atoms with Crippen LogP contribution in [0.15, 0.2) is 10.2 Å². The molecule has 2 unspecified atom stereocenters. The van der Waals surface area contributed by atoms with Crippen LogP contribution in [0, 0.1) is 23.7 Å². The van der Waals surface area contributed by atoms with E-state index >= 15 is 0 Å². The van der Waals surface area contributed by atoms with E-state index < -0.39 is 0 Å². The summed E-state index contributed by atoms with van der Waals surface area (Å²) in [4.78, 5) is 0. The number of hydrogen-bond donors (Lipinski definition) is 0. The lowest BCUT2D eigenvalue weighted by Gasteiger charge is -2.32. The number of nitrogens with zero attached hydrogens (tertiary/aromatic N) is 2. The third-order valence-electron chi connectivity index (χ3n) is 4.68. The minimum absolute atomic E-state index is 0.676. The standard InChI is InChI=1S/C15H26N2.C5H12O/c1-11(2)10-15-14-9-7-5-4-6-8-13(14)12(3)16-17-15;1-5(2)4-6-3/h11,13-14H,4-10H2,1-3H3;5H,4H2,1-3H3. The van der Waals surface area contributed by atoms with Gasteiger partial charge < -0.3 is 4.74 Å². The molecule has 1 aliphatic carbocycles. The summed E-state index contributed by atoms with van der Waals surface area (Å²) in [6.07, 6.45) is 9.38. The first-order valence-corrected chi connectivity index (χ1v) is 9.55. The molecule has 1 aliphatic heterocycles. The third-order valence-corrected chi connectivity index (χ3v) is 4.68. The van der Waals surface area contributed by atoms with Crippen molar-refractivity contribution in [3.63, 3.8) is 0 Å². The van der Waals surface area contributed by atoms with Gasteiger partial charge in [0.2, 0.25) is 0 Å². The van der Waals surface area contributed by atoms with Crippen LogP contribution in [0.5, 0.6) is 0 Å². The summed E-state index contributed by atoms with van der Waals surface area (Å²) in [6, 6.07) is 0. The lowest BCUT2D eigenvalue weighted by atomic mass is 9.74. The van der Waals surface area contributed by atoms with Gasteiger partial charge in [-0.25, -0.2) is 0 Å². The van der Waals surface area contributed by atoms with E-state index in [-0.39, 0.29) is 0 Å². The number of hydrogen-bond acceptors (Lipinski definition) is 3. The molecule has 2 atom stereocenters. The smallest absolute Gasteiger partial charge is 0.0485 e. The zero-order valence-electron chi connectivity index (χ0n) is 16.3. The van der Waals surface area contributed by atoms with E-state index in [2.05, 4.69) is 44.8 Å². The highest BCUT2D eigenvalue weighted by molar-refractivity contribution is 5.97. The molecule has 0 aromatic heterocycles. The SMILES string of the molecule is CC1=NN=C(CC(C)C)C2CCCCCCC12.COCC(C)C. The quantitative estimate of drug-likeness (QED) is 0.650. The molecule has 3 nitrogen and oxygen atoms in total. The molecule has 1 heterocycles. The molecule has 0 spiro atoms. The van der Waals surface area contributed by atoms with Gasteiger partial charge >= 0.3 is 0 Å². The molecule has 3 heteroatoms. The van der Waals surface area contributed by atoms with E-state index in [0.29, 0.717) is 23.7 Å². The molecule has 2 aliphatic rings. The summed E-state index contributed by atoms with van der Waals surface area (Å²) < 4.78 is 4.80. The van der Waals surface area contributed by atoms with Crippen molar-refractivity contribution in [3.05, 3.63) is 0 Å². The molecule has 0 bridgehead atoms. The molecule has 134 valence electrons. The van der Waals surface area contributed by atoms with Crippen molar-refractivity contribution in [2.45, 2.75) is 79.6 Å². The Bertz CT molecular complexity index is 385. The Morgan fingerprint density at radius 2 is 1.52 bits per heavy atom. The van der Waals surface area contributed by atoms with Crippen LogP contribution in [-0.4, -0.2) is 25.1 Å². The average Bonchev–Trinajstić information content (AvgIpc) is 2.42. The maximum absolute atomic E-state index is 4.80. The number of fused-ring (bicyclic) bond motifs is 1. The van der Waals surface area contributed by atoms with Gasteiger partial charge in [0.25, 0.3) is 0 Å². The van der Waals surface area contributed by atoms with Crippen LogP contribution in [0.2, 0.25) is 0 Å². The van der Waals surface area contributed by atoms with Gasteiger partial charge in [0.15, 0.2) is 0 Å². The van der Waals surface area contributed by atoms with Crippen molar-refractivity contribution in [2.24, 2.45) is 33.9 Å². The van der Waals surface area contributed by atoms with Crippen LogP contribution in [0.4, 0.5) is 0 Å². The molecule has 1 saturated carbocycles. The Hall–Kier alpha value is -0.700. The highest BCUT2D eigenvalue weighted by Crippen LogP contribution is 2.34. The summed E-state index contributed by atoms with van der Waals surface area (Å²) >= 11 is 0. The monoisotopic (exact) mass is 322 g/mol. The van der Waals surface area contributed by atoms with Crippen molar-refractivity contribution in [1.82, 2.24) is 0 Å². The maximum Gasteiger partial charge on any atom is 0.0485 e. The van der Waals surface area contributed by atoms with Crippen molar-refractivity contribution >= 4 is 11.4 Å². The molecule has 2 rings (SSSR count). The van der Waals surface area contributed by atoms with Crippen LogP contribution in [0.25, 0.3) is 0 Å². The van der Waals surface area contributed by atoms with Crippen molar-refractivity contribution in [3.8, 4) is 0 Å². The Morgan fingerprint density at radius 1 is 0.913 bits per heavy atom. The third kappa shape index (κ3) is 7.60. The highest BCUT2D eigenvalue weighted by atomic mass is 16.5. The largest absolute Gasteiger partial charge is 0.384 e. The van der Waals surface area contributed by atoms with Gasteiger partial charge in [-0.15, -0.1) is 0 Å². The summed E-state index contributed by atoms with van der Waals surface area (Å²) in [5, 5.41) is 8.94. The molecular formula is C20H38N2O. The maximum atomic E-state index is 4.80. The zero-order chi connectivity index (χ0) is 17.2. The zero-order valence-corrected chi connectivity index (χ0v) is 16.3. The summed E-state index contributed by atoms with van der Waals surface area (Å²) in [6.45, 7) is 11.9. The number of ether oxygens (including phenoxy) is 1. The van der Waals surface area contributed by atoms with Crippen molar-refractivity contribution < 1.29 is 4.74 Å². The van der Waals surface area contributed by atoms with E-state index in [0.717, 1.165) is 13.0 Å². The predicted molar refractivity (Wildman–Crippen MR) is 101 cm³/mol. The first-order chi connectivity index (χ1) is 11.0. The van der Waals surface area contributed by atoms with Gasteiger partial charge in [0.1, 0.15) is 0 Å². The molecule has 0 saturated heterocycles. The Labute approximate surface area is 144 Å². The minimum Gasteiger partial charge on any atom is -0.384 e. The normalized spacial score (nSPS) is 24.9. The van der Waals surface area contributed by atoms with E-state index in [1.807, 2.05) is 0 Å². The Morgan fingerprint density at radius 3 is 2.00 bits per heavy atom. The summed E-state index contributed by atoms with van der Waals surface area (Å²) in [7, 11) is 1.72. The topological polar surface area (TPSA) is 34.0 Å². The van der Waals surface area contributed by atoms with Gasteiger partial charge in [-0.05, 0) is 38.0 Å². The Kier molecular flexibility index (Phi) is 9.69. The van der Waals surface area contributed by atoms with Crippen LogP contribution in [-0.2, 0) is 4.74 Å². The highest BCUT2D eigenvalue weighted by Gasteiger charge is 2.31. The fourth-order valence-electron chi connectivity index (χ4n) is 3.62. The number of rotatable bonds is 4. The van der Waals surface area contributed by atoms with Crippen LogP contribution in [0.3, 0.4) is 0 Å². The summed E-state index contributed by atoms with van der Waals surface area (Å²) in [5.74, 6) is 2.78. The lowest BCUT2D eigenvalue weighted by Crippen LogP contribution is -2.33. The fraction of sp³-hybridized carbons (Fsp3) is 0.900. The molecule has 0 radical (unpaired) electrons. The second-order valence-corrected chi connectivity index (χ2v) is 7.98. The lowest BCUT2D eigenvalue weighted by molar-refractivity contribution is 0.167.